The lowest BCUT2D eigenvalue weighted by atomic mass is 9.83. The highest BCUT2D eigenvalue weighted by atomic mass is 14.7. The van der Waals surface area contributed by atoms with Gasteiger partial charge in [-0.15, -0.1) is 0 Å². The predicted molar refractivity (Wildman–Crippen MR) is 76.1 cm³/mol. The number of unbranched alkanes of at least 4 members (excludes halogenated alkanes) is 2. The topological polar surface area (TPSA) is 0 Å². The second-order valence-corrected chi connectivity index (χ2v) is 6.66. The van der Waals surface area contributed by atoms with E-state index >= 15 is 0 Å². The molecule has 2 aliphatic carbocycles. The van der Waals surface area contributed by atoms with E-state index in [9.17, 15) is 0 Å². The fraction of sp³-hybridized carbons (Fsp3) is 1.00. The summed E-state index contributed by atoms with van der Waals surface area (Å²) in [6.45, 7) is 7.17. The standard InChI is InChI=1S/C17H32/c1-4-7-8-10-14-11-9-12-15-16(14)17(15,6-3)13-5-2/h14-16H,4-13H2,1-3H3/t14?,15?,16?,17-/m1/s1. The maximum absolute atomic E-state index is 2.46. The molecule has 0 heteroatoms. The van der Waals surface area contributed by atoms with E-state index in [2.05, 4.69) is 20.8 Å². The van der Waals surface area contributed by atoms with Gasteiger partial charge in [0.1, 0.15) is 0 Å². The van der Waals surface area contributed by atoms with E-state index in [0.717, 1.165) is 23.2 Å². The molecule has 2 fully saturated rings. The molecule has 4 atom stereocenters. The molecule has 0 aliphatic heterocycles. The summed E-state index contributed by atoms with van der Waals surface area (Å²) < 4.78 is 0. The minimum absolute atomic E-state index is 0.808. The molecule has 2 aliphatic rings. The zero-order valence-corrected chi connectivity index (χ0v) is 12.3. The average molecular weight is 236 g/mol. The molecule has 17 heavy (non-hydrogen) atoms. The summed E-state index contributed by atoms with van der Waals surface area (Å²) in [6, 6.07) is 0. The first kappa shape index (κ1) is 13.4. The van der Waals surface area contributed by atoms with Crippen molar-refractivity contribution in [3.8, 4) is 0 Å². The monoisotopic (exact) mass is 236 g/mol. The van der Waals surface area contributed by atoms with E-state index in [0.29, 0.717) is 0 Å². The Bertz CT molecular complexity index is 232. The third-order valence-corrected chi connectivity index (χ3v) is 5.88. The number of hydrogen-bond acceptors (Lipinski definition) is 0. The van der Waals surface area contributed by atoms with Crippen LogP contribution in [0.4, 0.5) is 0 Å². The molecule has 2 rings (SSSR count). The average Bonchev–Trinajstić information content (AvgIpc) is 3.00. The maximum Gasteiger partial charge on any atom is -0.0235 e. The molecule has 0 aromatic rings. The Labute approximate surface area is 109 Å². The fourth-order valence-corrected chi connectivity index (χ4v) is 5.13. The minimum Gasteiger partial charge on any atom is -0.0654 e. The van der Waals surface area contributed by atoms with Crippen LogP contribution in [0.2, 0.25) is 0 Å². The van der Waals surface area contributed by atoms with Gasteiger partial charge < -0.3 is 0 Å². The van der Waals surface area contributed by atoms with Gasteiger partial charge in [0.2, 0.25) is 0 Å². The van der Waals surface area contributed by atoms with Crippen LogP contribution in [0.3, 0.4) is 0 Å². The first-order valence-electron chi connectivity index (χ1n) is 8.30. The van der Waals surface area contributed by atoms with Gasteiger partial charge in [0, 0.05) is 0 Å². The van der Waals surface area contributed by atoms with Gasteiger partial charge in [-0.05, 0) is 42.4 Å². The molecule has 3 unspecified atom stereocenters. The fourth-order valence-electron chi connectivity index (χ4n) is 5.13. The Morgan fingerprint density at radius 1 is 1.00 bits per heavy atom. The van der Waals surface area contributed by atoms with Gasteiger partial charge in [0.25, 0.3) is 0 Å². The van der Waals surface area contributed by atoms with Crippen molar-refractivity contribution in [2.45, 2.75) is 85.0 Å². The summed E-state index contributed by atoms with van der Waals surface area (Å²) in [7, 11) is 0. The van der Waals surface area contributed by atoms with E-state index in [1.54, 1.807) is 19.3 Å². The van der Waals surface area contributed by atoms with Gasteiger partial charge in [-0.1, -0.05) is 65.7 Å². The van der Waals surface area contributed by atoms with E-state index in [1.807, 2.05) is 0 Å². The summed E-state index contributed by atoms with van der Waals surface area (Å²) in [5.41, 5.74) is 0.808. The van der Waals surface area contributed by atoms with Crippen LogP contribution in [0, 0.1) is 23.2 Å². The molecule has 100 valence electrons. The Hall–Kier alpha value is 0. The van der Waals surface area contributed by atoms with Crippen molar-refractivity contribution in [1.82, 2.24) is 0 Å². The molecule has 0 nitrogen and oxygen atoms in total. The van der Waals surface area contributed by atoms with Crippen LogP contribution in [0.15, 0.2) is 0 Å². The van der Waals surface area contributed by atoms with Crippen molar-refractivity contribution >= 4 is 0 Å². The first-order valence-corrected chi connectivity index (χ1v) is 8.30. The third-order valence-electron chi connectivity index (χ3n) is 5.88. The first-order chi connectivity index (χ1) is 8.30. The molecule has 0 saturated heterocycles. The van der Waals surface area contributed by atoms with E-state index in [4.69, 9.17) is 0 Å². The smallest absolute Gasteiger partial charge is 0.0235 e. The molecule has 0 heterocycles. The van der Waals surface area contributed by atoms with Crippen LogP contribution < -0.4 is 0 Å². The molecule has 0 amide bonds. The Kier molecular flexibility index (Phi) is 4.55. The lowest BCUT2D eigenvalue weighted by Crippen LogP contribution is -2.12. The second-order valence-electron chi connectivity index (χ2n) is 6.66. The summed E-state index contributed by atoms with van der Waals surface area (Å²) in [6.07, 6.45) is 14.9. The molecule has 0 aromatic carbocycles. The van der Waals surface area contributed by atoms with Crippen LogP contribution in [0.25, 0.3) is 0 Å². The van der Waals surface area contributed by atoms with E-state index in [-0.39, 0.29) is 0 Å². The molecule has 0 aromatic heterocycles. The molecule has 0 bridgehead atoms. The van der Waals surface area contributed by atoms with Crippen LogP contribution in [0.5, 0.6) is 0 Å². The van der Waals surface area contributed by atoms with Crippen LogP contribution in [-0.4, -0.2) is 0 Å². The Morgan fingerprint density at radius 3 is 2.47 bits per heavy atom. The van der Waals surface area contributed by atoms with Gasteiger partial charge in [-0.3, -0.25) is 0 Å². The second kappa shape index (κ2) is 5.76. The highest BCUT2D eigenvalue weighted by Gasteiger charge is 2.64. The van der Waals surface area contributed by atoms with E-state index in [1.165, 1.54) is 44.9 Å². The molecular formula is C17H32. The highest BCUT2D eigenvalue weighted by molar-refractivity contribution is 5.13. The Morgan fingerprint density at radius 2 is 1.82 bits per heavy atom. The largest absolute Gasteiger partial charge is 0.0654 e. The summed E-state index contributed by atoms with van der Waals surface area (Å²) >= 11 is 0. The summed E-state index contributed by atoms with van der Waals surface area (Å²) in [4.78, 5) is 0. The highest BCUT2D eigenvalue weighted by Crippen LogP contribution is 2.71. The van der Waals surface area contributed by atoms with Crippen LogP contribution >= 0.6 is 0 Å². The van der Waals surface area contributed by atoms with Crippen molar-refractivity contribution in [2.24, 2.45) is 23.2 Å². The molecule has 0 radical (unpaired) electrons. The predicted octanol–water partition coefficient (Wildman–Crippen LogP) is 5.81. The number of rotatable bonds is 7. The van der Waals surface area contributed by atoms with Crippen molar-refractivity contribution in [3.05, 3.63) is 0 Å². The van der Waals surface area contributed by atoms with Crippen molar-refractivity contribution in [1.29, 1.82) is 0 Å². The van der Waals surface area contributed by atoms with Crippen molar-refractivity contribution < 1.29 is 0 Å². The Balaban J connectivity index is 1.91. The summed E-state index contributed by atoms with van der Waals surface area (Å²) in [5, 5.41) is 0. The molecule has 0 spiro atoms. The molecule has 2 saturated carbocycles. The zero-order valence-electron chi connectivity index (χ0n) is 12.3. The van der Waals surface area contributed by atoms with Gasteiger partial charge in [0.05, 0.1) is 0 Å². The van der Waals surface area contributed by atoms with Crippen LogP contribution in [0.1, 0.15) is 85.0 Å². The quantitative estimate of drug-likeness (QED) is 0.489. The van der Waals surface area contributed by atoms with Gasteiger partial charge in [0.15, 0.2) is 0 Å². The molecular weight excluding hydrogens is 204 g/mol. The summed E-state index contributed by atoms with van der Waals surface area (Å²) in [5.74, 6) is 3.37. The van der Waals surface area contributed by atoms with Gasteiger partial charge in [-0.25, -0.2) is 0 Å². The molecule has 0 N–H and O–H groups in total. The number of fused-ring (bicyclic) bond motifs is 1. The van der Waals surface area contributed by atoms with Crippen molar-refractivity contribution in [2.75, 3.05) is 0 Å². The third kappa shape index (κ3) is 2.42. The van der Waals surface area contributed by atoms with Crippen LogP contribution in [-0.2, 0) is 0 Å². The van der Waals surface area contributed by atoms with Crippen molar-refractivity contribution in [3.63, 3.8) is 0 Å². The lowest BCUT2D eigenvalue weighted by Gasteiger charge is -2.22. The number of hydrogen-bond donors (Lipinski definition) is 0. The van der Waals surface area contributed by atoms with Gasteiger partial charge >= 0.3 is 0 Å². The normalized spacial score (nSPS) is 40.1. The lowest BCUT2D eigenvalue weighted by molar-refractivity contribution is 0.284. The maximum atomic E-state index is 2.46. The SMILES string of the molecule is CCCCCC1CCCC2C1[C@]2(CC)CCC. The van der Waals surface area contributed by atoms with E-state index < -0.39 is 0 Å². The van der Waals surface area contributed by atoms with Gasteiger partial charge in [-0.2, -0.15) is 0 Å². The minimum atomic E-state index is 0.808. The zero-order chi connectivity index (χ0) is 12.3.